The maximum absolute atomic E-state index is 12.3. The van der Waals surface area contributed by atoms with Gasteiger partial charge < -0.3 is 9.64 Å². The first-order chi connectivity index (χ1) is 10.5. The highest BCUT2D eigenvalue weighted by atomic mass is 79.9. The Hall–Kier alpha value is -1.36. The number of esters is 1. The van der Waals surface area contributed by atoms with Crippen molar-refractivity contribution in [3.8, 4) is 0 Å². The van der Waals surface area contributed by atoms with Gasteiger partial charge in [-0.25, -0.2) is 0 Å². The van der Waals surface area contributed by atoms with Crippen LogP contribution in [-0.2, 0) is 20.7 Å². The summed E-state index contributed by atoms with van der Waals surface area (Å²) in [6.45, 7) is 3.94. The molecule has 0 bridgehead atoms. The highest BCUT2D eigenvalue weighted by Crippen LogP contribution is 2.22. The number of ether oxygens (including phenoxy) is 1. The molecule has 0 aliphatic carbocycles. The minimum Gasteiger partial charge on any atom is -0.455 e. The molecule has 0 N–H and O–H groups in total. The number of carbonyl (C=O) groups is 2. The molecule has 1 fully saturated rings. The smallest absolute Gasteiger partial charge is 0.310 e. The zero-order valence-corrected chi connectivity index (χ0v) is 14.6. The van der Waals surface area contributed by atoms with Crippen LogP contribution in [0.5, 0.6) is 0 Å². The van der Waals surface area contributed by atoms with Crippen LogP contribution in [-0.4, -0.2) is 35.5 Å². The third-order valence-corrected chi connectivity index (χ3v) is 4.63. The number of rotatable bonds is 4. The summed E-state index contributed by atoms with van der Waals surface area (Å²) in [5.74, 6) is -0.461. The van der Waals surface area contributed by atoms with Crippen LogP contribution in [0.2, 0.25) is 0 Å². The Bertz CT molecular complexity index is 519. The number of likely N-dealkylation sites (tertiary alicyclic amines) is 1. The lowest BCUT2D eigenvalue weighted by Crippen LogP contribution is -2.49. The van der Waals surface area contributed by atoms with E-state index in [0.717, 1.165) is 29.3 Å². The molecule has 2 rings (SSSR count). The second-order valence-electron chi connectivity index (χ2n) is 5.89. The number of hydrogen-bond acceptors (Lipinski definition) is 3. The van der Waals surface area contributed by atoms with Crippen LogP contribution in [0, 0.1) is 0 Å². The van der Waals surface area contributed by atoms with Gasteiger partial charge in [-0.1, -0.05) is 28.1 Å². The predicted octanol–water partition coefficient (Wildman–Crippen LogP) is 3.32. The Balaban J connectivity index is 1.82. The van der Waals surface area contributed by atoms with Gasteiger partial charge in [-0.3, -0.25) is 9.59 Å². The van der Waals surface area contributed by atoms with E-state index >= 15 is 0 Å². The van der Waals surface area contributed by atoms with E-state index in [1.54, 1.807) is 0 Å². The normalized spacial score (nSPS) is 21.5. The van der Waals surface area contributed by atoms with Crippen LogP contribution in [0.1, 0.15) is 38.7 Å². The van der Waals surface area contributed by atoms with E-state index in [1.807, 2.05) is 29.2 Å². The van der Waals surface area contributed by atoms with E-state index in [9.17, 15) is 9.59 Å². The fourth-order valence-corrected chi connectivity index (χ4v) is 3.21. The lowest BCUT2D eigenvalue weighted by atomic mass is 9.97. The van der Waals surface area contributed by atoms with Crippen LogP contribution in [0.3, 0.4) is 0 Å². The first-order valence-electron chi connectivity index (χ1n) is 7.68. The molecular formula is C17H22BrNO3. The first kappa shape index (κ1) is 17.0. The summed E-state index contributed by atoms with van der Waals surface area (Å²) in [5.41, 5.74) is 0.875. The number of nitrogens with zero attached hydrogens (tertiary/aromatic N) is 1. The molecule has 4 nitrogen and oxygen atoms in total. The molecular weight excluding hydrogens is 346 g/mol. The van der Waals surface area contributed by atoms with Crippen molar-refractivity contribution in [2.24, 2.45) is 0 Å². The SMILES string of the molecule is C[C@@H]1CCC[C@@H](C)N1C(=O)COC(=O)Cc1ccc(Br)cc1. The van der Waals surface area contributed by atoms with Gasteiger partial charge in [0.25, 0.3) is 5.91 Å². The zero-order valence-electron chi connectivity index (χ0n) is 13.0. The number of carbonyl (C=O) groups excluding carboxylic acids is 2. The van der Waals surface area contributed by atoms with Crippen LogP contribution in [0.25, 0.3) is 0 Å². The van der Waals surface area contributed by atoms with Crippen molar-refractivity contribution in [3.63, 3.8) is 0 Å². The van der Waals surface area contributed by atoms with Crippen LogP contribution >= 0.6 is 15.9 Å². The number of piperidine rings is 1. The summed E-state index contributed by atoms with van der Waals surface area (Å²) in [6, 6.07) is 7.93. The maximum atomic E-state index is 12.3. The average molecular weight is 368 g/mol. The van der Waals surface area contributed by atoms with Crippen LogP contribution in [0.15, 0.2) is 28.7 Å². The molecule has 1 aromatic carbocycles. The Kier molecular flexibility index (Phi) is 6.00. The number of amides is 1. The summed E-state index contributed by atoms with van der Waals surface area (Å²) < 4.78 is 6.11. The highest BCUT2D eigenvalue weighted by Gasteiger charge is 2.29. The van der Waals surface area contributed by atoms with Crippen molar-refractivity contribution in [2.45, 2.75) is 51.6 Å². The van der Waals surface area contributed by atoms with E-state index in [4.69, 9.17) is 4.74 Å². The molecule has 0 spiro atoms. The Labute approximate surface area is 140 Å². The topological polar surface area (TPSA) is 46.6 Å². The van der Waals surface area contributed by atoms with Gasteiger partial charge >= 0.3 is 5.97 Å². The van der Waals surface area contributed by atoms with Gasteiger partial charge in [0.1, 0.15) is 0 Å². The van der Waals surface area contributed by atoms with E-state index in [1.165, 1.54) is 0 Å². The second kappa shape index (κ2) is 7.77. The molecule has 5 heteroatoms. The summed E-state index contributed by atoms with van der Waals surface area (Å²) >= 11 is 3.35. The predicted molar refractivity (Wildman–Crippen MR) is 88.4 cm³/mol. The van der Waals surface area contributed by atoms with Crippen molar-refractivity contribution < 1.29 is 14.3 Å². The van der Waals surface area contributed by atoms with Gasteiger partial charge in [0, 0.05) is 16.6 Å². The van der Waals surface area contributed by atoms with Gasteiger partial charge in [-0.2, -0.15) is 0 Å². The number of benzene rings is 1. The zero-order chi connectivity index (χ0) is 16.1. The first-order valence-corrected chi connectivity index (χ1v) is 8.48. The van der Waals surface area contributed by atoms with Crippen LogP contribution in [0.4, 0.5) is 0 Å². The largest absolute Gasteiger partial charge is 0.455 e. The molecule has 0 unspecified atom stereocenters. The number of hydrogen-bond donors (Lipinski definition) is 0. The molecule has 1 amide bonds. The van der Waals surface area contributed by atoms with Crippen LogP contribution < -0.4 is 0 Å². The third-order valence-electron chi connectivity index (χ3n) is 4.10. The molecule has 0 radical (unpaired) electrons. The van der Waals surface area contributed by atoms with Crippen molar-refractivity contribution in [1.82, 2.24) is 4.90 Å². The molecule has 1 heterocycles. The summed E-state index contributed by atoms with van der Waals surface area (Å²) in [5, 5.41) is 0. The number of halogens is 1. The molecule has 1 aliphatic heterocycles. The minimum absolute atomic E-state index is 0.0937. The third kappa shape index (κ3) is 4.57. The molecule has 2 atom stereocenters. The fourth-order valence-electron chi connectivity index (χ4n) is 2.95. The average Bonchev–Trinajstić information content (AvgIpc) is 2.47. The molecule has 120 valence electrons. The van der Waals surface area contributed by atoms with Gasteiger partial charge in [0.05, 0.1) is 6.42 Å². The maximum Gasteiger partial charge on any atom is 0.310 e. The van der Waals surface area contributed by atoms with Crippen molar-refractivity contribution in [2.75, 3.05) is 6.61 Å². The van der Waals surface area contributed by atoms with Gasteiger partial charge in [-0.15, -0.1) is 0 Å². The summed E-state index contributed by atoms with van der Waals surface area (Å²) in [7, 11) is 0. The minimum atomic E-state index is -0.368. The molecule has 22 heavy (non-hydrogen) atoms. The lowest BCUT2D eigenvalue weighted by Gasteiger charge is -2.38. The van der Waals surface area contributed by atoms with E-state index in [0.29, 0.717) is 0 Å². The molecule has 0 saturated carbocycles. The molecule has 1 aromatic rings. The van der Waals surface area contributed by atoms with E-state index in [2.05, 4.69) is 29.8 Å². The van der Waals surface area contributed by atoms with Crippen molar-refractivity contribution in [1.29, 1.82) is 0 Å². The quantitative estimate of drug-likeness (QED) is 0.766. The summed E-state index contributed by atoms with van der Waals surface area (Å²) in [6.07, 6.45) is 3.37. The van der Waals surface area contributed by atoms with E-state index < -0.39 is 0 Å². The van der Waals surface area contributed by atoms with E-state index in [-0.39, 0.29) is 37.0 Å². The Morgan fingerprint density at radius 3 is 2.36 bits per heavy atom. The lowest BCUT2D eigenvalue weighted by molar-refractivity contribution is -0.154. The second-order valence-corrected chi connectivity index (χ2v) is 6.81. The molecule has 0 aromatic heterocycles. The summed E-state index contributed by atoms with van der Waals surface area (Å²) in [4.78, 5) is 26.0. The van der Waals surface area contributed by atoms with Gasteiger partial charge in [0.2, 0.25) is 0 Å². The Morgan fingerprint density at radius 1 is 1.18 bits per heavy atom. The van der Waals surface area contributed by atoms with Crippen molar-refractivity contribution >= 4 is 27.8 Å². The van der Waals surface area contributed by atoms with Gasteiger partial charge in [0.15, 0.2) is 6.61 Å². The monoisotopic (exact) mass is 367 g/mol. The Morgan fingerprint density at radius 2 is 1.77 bits per heavy atom. The highest BCUT2D eigenvalue weighted by molar-refractivity contribution is 9.10. The molecule has 1 aliphatic rings. The standard InChI is InChI=1S/C17H22BrNO3/c1-12-4-3-5-13(2)19(12)16(20)11-22-17(21)10-14-6-8-15(18)9-7-14/h6-9,12-13H,3-5,10-11H2,1-2H3/t12-,13-/m1/s1. The van der Waals surface area contributed by atoms with Gasteiger partial charge in [-0.05, 0) is 50.8 Å². The fraction of sp³-hybridized carbons (Fsp3) is 0.529. The van der Waals surface area contributed by atoms with Crippen molar-refractivity contribution in [3.05, 3.63) is 34.3 Å². The molecule has 1 saturated heterocycles.